The molecular formula is C15H13N3O5S. The standard InChI is InChI=1S/C15H13N3O5S/c1-7-13(8-2-3-9-10(6-8)23-15(22)16-9)18-14(24-7)17-11(19)4-5-12(20)21/h2-3,6H,4-5H2,1H3,(H,16,22)(H,20,21)(H,17,18,19). The van der Waals surface area contributed by atoms with Gasteiger partial charge in [-0.25, -0.2) is 9.78 Å². The van der Waals surface area contributed by atoms with Gasteiger partial charge in [-0.15, -0.1) is 11.3 Å². The number of carbonyl (C=O) groups is 2. The number of carboxylic acids is 1. The Kier molecular flexibility index (Phi) is 4.17. The molecule has 8 nitrogen and oxygen atoms in total. The third-order valence-electron chi connectivity index (χ3n) is 3.30. The number of oxazole rings is 1. The number of carboxylic acid groups (broad SMARTS) is 1. The van der Waals surface area contributed by atoms with Crippen LogP contribution in [0.25, 0.3) is 22.4 Å². The molecule has 1 aromatic carbocycles. The minimum Gasteiger partial charge on any atom is -0.481 e. The van der Waals surface area contributed by atoms with Gasteiger partial charge in [0.05, 0.1) is 17.6 Å². The number of amides is 1. The highest BCUT2D eigenvalue weighted by atomic mass is 32.1. The molecule has 0 saturated carbocycles. The first-order valence-corrected chi connectivity index (χ1v) is 7.86. The lowest BCUT2D eigenvalue weighted by Gasteiger charge is -1.99. The number of thiazole rings is 1. The molecule has 24 heavy (non-hydrogen) atoms. The van der Waals surface area contributed by atoms with Crippen LogP contribution in [0.5, 0.6) is 0 Å². The van der Waals surface area contributed by atoms with E-state index >= 15 is 0 Å². The number of fused-ring (bicyclic) bond motifs is 1. The van der Waals surface area contributed by atoms with Crippen molar-refractivity contribution >= 4 is 39.4 Å². The first-order chi connectivity index (χ1) is 11.4. The van der Waals surface area contributed by atoms with Gasteiger partial charge in [0, 0.05) is 16.9 Å². The second kappa shape index (κ2) is 6.28. The number of nitrogens with one attached hydrogen (secondary N) is 2. The molecule has 0 saturated heterocycles. The zero-order valence-electron chi connectivity index (χ0n) is 12.6. The molecule has 0 unspecified atom stereocenters. The number of benzene rings is 1. The summed E-state index contributed by atoms with van der Waals surface area (Å²) in [6.07, 6.45) is -0.337. The summed E-state index contributed by atoms with van der Waals surface area (Å²) >= 11 is 1.29. The second-order valence-corrected chi connectivity index (χ2v) is 6.29. The molecule has 3 N–H and O–H groups in total. The van der Waals surface area contributed by atoms with Gasteiger partial charge < -0.3 is 14.8 Å². The highest BCUT2D eigenvalue weighted by molar-refractivity contribution is 7.16. The van der Waals surface area contributed by atoms with Crippen LogP contribution in [0.3, 0.4) is 0 Å². The fourth-order valence-electron chi connectivity index (χ4n) is 2.21. The Morgan fingerprint density at radius 1 is 1.38 bits per heavy atom. The number of aryl methyl sites for hydroxylation is 1. The predicted octanol–water partition coefficient (Wildman–Crippen LogP) is 2.36. The summed E-state index contributed by atoms with van der Waals surface area (Å²) in [5, 5.41) is 11.6. The van der Waals surface area contributed by atoms with Crippen molar-refractivity contribution in [1.82, 2.24) is 9.97 Å². The fraction of sp³-hybridized carbons (Fsp3) is 0.200. The highest BCUT2D eigenvalue weighted by Crippen LogP contribution is 2.31. The van der Waals surface area contributed by atoms with E-state index in [0.717, 1.165) is 10.4 Å². The molecule has 0 spiro atoms. The van der Waals surface area contributed by atoms with Crippen LogP contribution in [0.1, 0.15) is 17.7 Å². The third-order valence-corrected chi connectivity index (χ3v) is 4.19. The molecule has 1 amide bonds. The molecule has 0 aliphatic rings. The topological polar surface area (TPSA) is 125 Å². The molecule has 124 valence electrons. The number of H-pyrrole nitrogens is 1. The second-order valence-electron chi connectivity index (χ2n) is 5.09. The molecule has 0 atom stereocenters. The van der Waals surface area contributed by atoms with E-state index in [0.29, 0.717) is 21.9 Å². The van der Waals surface area contributed by atoms with Gasteiger partial charge in [-0.2, -0.15) is 0 Å². The maximum atomic E-state index is 11.7. The Morgan fingerprint density at radius 2 is 2.17 bits per heavy atom. The SMILES string of the molecule is Cc1sc(NC(=O)CCC(=O)O)nc1-c1ccc2[nH]c(=O)oc2c1. The van der Waals surface area contributed by atoms with Crippen molar-refractivity contribution in [2.24, 2.45) is 0 Å². The smallest absolute Gasteiger partial charge is 0.417 e. The monoisotopic (exact) mass is 347 g/mol. The van der Waals surface area contributed by atoms with Crippen molar-refractivity contribution < 1.29 is 19.1 Å². The lowest BCUT2D eigenvalue weighted by atomic mass is 10.1. The van der Waals surface area contributed by atoms with Crippen LogP contribution in [-0.4, -0.2) is 27.0 Å². The van der Waals surface area contributed by atoms with Crippen molar-refractivity contribution in [1.29, 1.82) is 0 Å². The zero-order chi connectivity index (χ0) is 17.3. The maximum Gasteiger partial charge on any atom is 0.417 e. The molecule has 0 aliphatic carbocycles. The van der Waals surface area contributed by atoms with E-state index in [4.69, 9.17) is 9.52 Å². The minimum absolute atomic E-state index is 0.107. The van der Waals surface area contributed by atoms with Crippen LogP contribution in [0.2, 0.25) is 0 Å². The number of aromatic nitrogens is 2. The van der Waals surface area contributed by atoms with Crippen LogP contribution < -0.4 is 11.1 Å². The average Bonchev–Trinajstić information content (AvgIpc) is 3.05. The predicted molar refractivity (Wildman–Crippen MR) is 88.2 cm³/mol. The summed E-state index contributed by atoms with van der Waals surface area (Å²) < 4.78 is 5.03. The van der Waals surface area contributed by atoms with Crippen LogP contribution in [0, 0.1) is 6.92 Å². The third kappa shape index (κ3) is 3.35. The largest absolute Gasteiger partial charge is 0.481 e. The van der Waals surface area contributed by atoms with Gasteiger partial charge in [-0.05, 0) is 19.1 Å². The number of hydrogen-bond acceptors (Lipinski definition) is 6. The summed E-state index contributed by atoms with van der Waals surface area (Å²) in [7, 11) is 0. The van der Waals surface area contributed by atoms with Gasteiger partial charge in [0.1, 0.15) is 0 Å². The number of aromatic amines is 1. The lowest BCUT2D eigenvalue weighted by Crippen LogP contribution is -2.12. The van der Waals surface area contributed by atoms with Crippen LogP contribution in [0.4, 0.5) is 5.13 Å². The quantitative estimate of drug-likeness (QED) is 0.650. The summed E-state index contributed by atoms with van der Waals surface area (Å²) in [4.78, 5) is 41.2. The first-order valence-electron chi connectivity index (χ1n) is 7.04. The molecule has 3 aromatic rings. The Morgan fingerprint density at radius 3 is 2.92 bits per heavy atom. The van der Waals surface area contributed by atoms with Crippen LogP contribution >= 0.6 is 11.3 Å². The molecule has 9 heteroatoms. The maximum absolute atomic E-state index is 11.7. The molecule has 0 radical (unpaired) electrons. The molecule has 2 heterocycles. The van der Waals surface area contributed by atoms with Gasteiger partial charge in [-0.3, -0.25) is 14.6 Å². The van der Waals surface area contributed by atoms with Crippen LogP contribution in [-0.2, 0) is 9.59 Å². The van der Waals surface area contributed by atoms with E-state index in [-0.39, 0.29) is 12.8 Å². The number of nitrogens with zero attached hydrogens (tertiary/aromatic N) is 1. The Labute approximate surface area is 139 Å². The van der Waals surface area contributed by atoms with E-state index in [9.17, 15) is 14.4 Å². The average molecular weight is 347 g/mol. The minimum atomic E-state index is -1.03. The Hall–Kier alpha value is -2.94. The van der Waals surface area contributed by atoms with Crippen molar-refractivity contribution in [3.05, 3.63) is 33.6 Å². The molecule has 3 rings (SSSR count). The molecule has 2 aromatic heterocycles. The molecule has 0 aliphatic heterocycles. The van der Waals surface area contributed by atoms with Gasteiger partial charge >= 0.3 is 11.7 Å². The summed E-state index contributed by atoms with van der Waals surface area (Å²) in [6.45, 7) is 1.86. The fourth-order valence-corrected chi connectivity index (χ4v) is 3.06. The van der Waals surface area contributed by atoms with Crippen molar-refractivity contribution in [2.75, 3.05) is 5.32 Å². The number of aliphatic carboxylic acids is 1. The summed E-state index contributed by atoms with van der Waals surface area (Å²) in [6, 6.07) is 5.22. The molecular weight excluding hydrogens is 334 g/mol. The number of hydrogen-bond donors (Lipinski definition) is 3. The molecule has 0 fully saturated rings. The number of rotatable bonds is 5. The number of carbonyl (C=O) groups excluding carboxylic acids is 1. The van der Waals surface area contributed by atoms with E-state index in [1.165, 1.54) is 11.3 Å². The lowest BCUT2D eigenvalue weighted by molar-refractivity contribution is -0.138. The summed E-state index contributed by atoms with van der Waals surface area (Å²) in [5.74, 6) is -1.95. The van der Waals surface area contributed by atoms with Crippen molar-refractivity contribution in [3.8, 4) is 11.3 Å². The van der Waals surface area contributed by atoms with E-state index < -0.39 is 17.6 Å². The Balaban J connectivity index is 1.83. The van der Waals surface area contributed by atoms with E-state index in [1.54, 1.807) is 18.2 Å². The zero-order valence-corrected chi connectivity index (χ0v) is 13.4. The van der Waals surface area contributed by atoms with Crippen LogP contribution in [0.15, 0.2) is 27.4 Å². The number of anilines is 1. The Bertz CT molecular complexity index is 985. The van der Waals surface area contributed by atoms with E-state index in [1.807, 2.05) is 6.92 Å². The van der Waals surface area contributed by atoms with Gasteiger partial charge in [0.25, 0.3) is 0 Å². The van der Waals surface area contributed by atoms with Crippen molar-refractivity contribution in [2.45, 2.75) is 19.8 Å². The molecule has 0 bridgehead atoms. The first kappa shape index (κ1) is 15.9. The van der Waals surface area contributed by atoms with Gasteiger partial charge in [0.2, 0.25) is 5.91 Å². The van der Waals surface area contributed by atoms with E-state index in [2.05, 4.69) is 15.3 Å². The van der Waals surface area contributed by atoms with Crippen molar-refractivity contribution in [3.63, 3.8) is 0 Å². The summed E-state index contributed by atoms with van der Waals surface area (Å²) in [5.41, 5.74) is 2.44. The van der Waals surface area contributed by atoms with Gasteiger partial charge in [0.15, 0.2) is 10.7 Å². The highest BCUT2D eigenvalue weighted by Gasteiger charge is 2.14. The van der Waals surface area contributed by atoms with Gasteiger partial charge in [-0.1, -0.05) is 6.07 Å². The normalized spacial score (nSPS) is 10.9.